The van der Waals surface area contributed by atoms with Crippen LogP contribution in [0.2, 0.25) is 5.02 Å². The van der Waals surface area contributed by atoms with Crippen molar-refractivity contribution in [3.8, 4) is 11.5 Å². The van der Waals surface area contributed by atoms with E-state index in [2.05, 4.69) is 4.98 Å². The molecule has 0 spiro atoms. The van der Waals surface area contributed by atoms with Gasteiger partial charge in [-0.25, -0.2) is 4.98 Å². The summed E-state index contributed by atoms with van der Waals surface area (Å²) in [5.41, 5.74) is 0.749. The Bertz CT molecular complexity index is 1380. The Hall–Kier alpha value is -3.36. The molecule has 7 nitrogen and oxygen atoms in total. The number of benzene rings is 2. The average Bonchev–Trinajstić information content (AvgIpc) is 3.40. The van der Waals surface area contributed by atoms with E-state index in [1.807, 2.05) is 0 Å². The first kappa shape index (κ1) is 19.6. The summed E-state index contributed by atoms with van der Waals surface area (Å²) >= 11 is 7.40. The second kappa shape index (κ2) is 7.40. The molecular formula is C22H15ClN2O5S. The topological polar surface area (TPSA) is 81.9 Å². The number of anilines is 1. The molecule has 1 amide bonds. The van der Waals surface area contributed by atoms with Gasteiger partial charge >= 0.3 is 0 Å². The number of thiazole rings is 1. The molecule has 0 aliphatic carbocycles. The molecule has 0 unspecified atom stereocenters. The Morgan fingerprint density at radius 1 is 1.13 bits per heavy atom. The number of fused-ring (bicyclic) bond motifs is 2. The highest BCUT2D eigenvalue weighted by atomic mass is 35.5. The van der Waals surface area contributed by atoms with Crippen LogP contribution in [0.15, 0.2) is 57.2 Å². The second-order valence-electron chi connectivity index (χ2n) is 6.81. The Balaban J connectivity index is 1.86. The molecule has 4 aromatic rings. The molecule has 1 aliphatic heterocycles. The lowest BCUT2D eigenvalue weighted by Crippen LogP contribution is -2.29. The number of nitrogens with zero attached hydrogens (tertiary/aromatic N) is 2. The van der Waals surface area contributed by atoms with E-state index in [1.54, 1.807) is 55.1 Å². The number of halogens is 1. The smallest absolute Gasteiger partial charge is 0.297 e. The number of hydrogen-bond acceptors (Lipinski definition) is 7. The third-order valence-corrected chi connectivity index (χ3v) is 6.19. The van der Waals surface area contributed by atoms with E-state index >= 15 is 0 Å². The summed E-state index contributed by atoms with van der Waals surface area (Å²) in [7, 11) is 3.07. The van der Waals surface area contributed by atoms with E-state index < -0.39 is 11.9 Å². The zero-order chi connectivity index (χ0) is 21.7. The molecule has 5 rings (SSSR count). The average molecular weight is 455 g/mol. The van der Waals surface area contributed by atoms with E-state index in [0.717, 1.165) is 0 Å². The normalized spacial score (nSPS) is 15.4. The molecule has 2 aromatic carbocycles. The zero-order valence-corrected chi connectivity index (χ0v) is 18.0. The van der Waals surface area contributed by atoms with Gasteiger partial charge < -0.3 is 13.9 Å². The van der Waals surface area contributed by atoms with Crippen molar-refractivity contribution in [3.63, 3.8) is 0 Å². The fourth-order valence-electron chi connectivity index (χ4n) is 3.82. The van der Waals surface area contributed by atoms with Crippen LogP contribution in [0.1, 0.15) is 27.7 Å². The lowest BCUT2D eigenvalue weighted by molar-refractivity contribution is 0.0970. The molecule has 0 N–H and O–H groups in total. The predicted molar refractivity (Wildman–Crippen MR) is 118 cm³/mol. The van der Waals surface area contributed by atoms with Crippen LogP contribution in [0.3, 0.4) is 0 Å². The maximum Gasteiger partial charge on any atom is 0.297 e. The van der Waals surface area contributed by atoms with Gasteiger partial charge in [0.25, 0.3) is 5.91 Å². The van der Waals surface area contributed by atoms with Crippen molar-refractivity contribution in [2.45, 2.75) is 6.04 Å². The summed E-state index contributed by atoms with van der Waals surface area (Å²) in [6.07, 6.45) is 1.60. The molecule has 31 heavy (non-hydrogen) atoms. The van der Waals surface area contributed by atoms with Crippen molar-refractivity contribution in [3.05, 3.63) is 80.1 Å². The van der Waals surface area contributed by atoms with E-state index in [1.165, 1.54) is 23.3 Å². The number of rotatable bonds is 4. The van der Waals surface area contributed by atoms with Crippen LogP contribution in [-0.4, -0.2) is 25.1 Å². The maximum atomic E-state index is 13.6. The van der Waals surface area contributed by atoms with Crippen LogP contribution >= 0.6 is 22.9 Å². The Morgan fingerprint density at radius 2 is 1.97 bits per heavy atom. The molecule has 3 heterocycles. The minimum Gasteiger partial charge on any atom is -0.497 e. The van der Waals surface area contributed by atoms with Crippen molar-refractivity contribution >= 4 is 44.9 Å². The molecule has 0 radical (unpaired) electrons. The minimum absolute atomic E-state index is 0.0232. The molecule has 2 aromatic heterocycles. The lowest BCUT2D eigenvalue weighted by atomic mass is 9.97. The van der Waals surface area contributed by atoms with Gasteiger partial charge in [0.05, 0.1) is 25.2 Å². The van der Waals surface area contributed by atoms with Gasteiger partial charge in [0.15, 0.2) is 10.6 Å². The van der Waals surface area contributed by atoms with E-state index in [9.17, 15) is 9.59 Å². The van der Waals surface area contributed by atoms with Gasteiger partial charge in [-0.3, -0.25) is 14.5 Å². The molecule has 1 aliphatic rings. The quantitative estimate of drug-likeness (QED) is 0.445. The van der Waals surface area contributed by atoms with Gasteiger partial charge in [0.1, 0.15) is 23.1 Å². The molecule has 156 valence electrons. The highest BCUT2D eigenvalue weighted by Gasteiger charge is 2.46. The standard InChI is InChI=1S/C22H15ClN2O5S/c1-28-12-4-6-15(29-2)13(10-12)18-17-19(26)14-9-11(23)3-5-16(14)30-20(17)21(27)25(18)22-24-7-8-31-22/h3-10,18H,1-2H3/t18-/m0/s1. The van der Waals surface area contributed by atoms with Crippen LogP contribution in [0.4, 0.5) is 5.13 Å². The molecule has 0 bridgehead atoms. The fourth-order valence-corrected chi connectivity index (χ4v) is 4.66. The largest absolute Gasteiger partial charge is 0.497 e. The Labute approximate surface area is 185 Å². The summed E-state index contributed by atoms with van der Waals surface area (Å²) in [4.78, 5) is 32.8. The van der Waals surface area contributed by atoms with Crippen LogP contribution in [0, 0.1) is 0 Å². The first-order valence-corrected chi connectivity index (χ1v) is 10.5. The highest BCUT2D eigenvalue weighted by molar-refractivity contribution is 7.13. The first-order chi connectivity index (χ1) is 15.0. The van der Waals surface area contributed by atoms with Crippen LogP contribution in [0.25, 0.3) is 11.0 Å². The molecule has 0 saturated carbocycles. The number of hydrogen-bond donors (Lipinski definition) is 0. The zero-order valence-electron chi connectivity index (χ0n) is 16.4. The summed E-state index contributed by atoms with van der Waals surface area (Å²) in [6.45, 7) is 0. The third kappa shape index (κ3) is 2.98. The van der Waals surface area contributed by atoms with Crippen LogP contribution in [-0.2, 0) is 0 Å². The molecule has 1 atom stereocenters. The maximum absolute atomic E-state index is 13.6. The SMILES string of the molecule is COc1ccc(OC)c([C@H]2c3c(oc4ccc(Cl)cc4c3=O)C(=O)N2c2nccs2)c1. The number of methoxy groups -OCH3 is 2. The number of carbonyl (C=O) groups is 1. The van der Waals surface area contributed by atoms with Crippen molar-refractivity contribution in [1.29, 1.82) is 0 Å². The van der Waals surface area contributed by atoms with Crippen molar-refractivity contribution in [2.24, 2.45) is 0 Å². The summed E-state index contributed by atoms with van der Waals surface area (Å²) < 4.78 is 16.9. The van der Waals surface area contributed by atoms with Gasteiger partial charge in [-0.1, -0.05) is 11.6 Å². The molecule has 0 fully saturated rings. The molecular weight excluding hydrogens is 440 g/mol. The van der Waals surface area contributed by atoms with Crippen molar-refractivity contribution in [1.82, 2.24) is 4.98 Å². The van der Waals surface area contributed by atoms with Crippen molar-refractivity contribution in [2.75, 3.05) is 19.1 Å². The van der Waals surface area contributed by atoms with Gasteiger partial charge in [0.2, 0.25) is 5.76 Å². The van der Waals surface area contributed by atoms with Crippen LogP contribution in [0.5, 0.6) is 11.5 Å². The van der Waals surface area contributed by atoms with E-state index in [4.69, 9.17) is 25.5 Å². The van der Waals surface area contributed by atoms with Gasteiger partial charge in [-0.05, 0) is 36.4 Å². The number of aromatic nitrogens is 1. The predicted octanol–water partition coefficient (Wildman–Crippen LogP) is 4.67. The third-order valence-electron chi connectivity index (χ3n) is 5.19. The van der Waals surface area contributed by atoms with Crippen LogP contribution < -0.4 is 19.8 Å². The first-order valence-electron chi connectivity index (χ1n) is 9.24. The second-order valence-corrected chi connectivity index (χ2v) is 8.12. The fraction of sp³-hybridized carbons (Fsp3) is 0.136. The summed E-state index contributed by atoms with van der Waals surface area (Å²) in [5, 5.41) is 2.90. The number of ether oxygens (including phenoxy) is 2. The Kier molecular flexibility index (Phi) is 4.68. The lowest BCUT2D eigenvalue weighted by Gasteiger charge is -2.24. The van der Waals surface area contributed by atoms with Gasteiger partial charge in [-0.15, -0.1) is 11.3 Å². The molecule has 9 heteroatoms. The molecule has 0 saturated heterocycles. The van der Waals surface area contributed by atoms with E-state index in [0.29, 0.717) is 38.2 Å². The highest BCUT2D eigenvalue weighted by Crippen LogP contribution is 2.45. The van der Waals surface area contributed by atoms with E-state index in [-0.39, 0.29) is 16.8 Å². The number of carbonyl (C=O) groups excluding carboxylic acids is 1. The monoisotopic (exact) mass is 454 g/mol. The minimum atomic E-state index is -0.807. The summed E-state index contributed by atoms with van der Waals surface area (Å²) in [6, 6.07) is 9.15. The summed E-state index contributed by atoms with van der Waals surface area (Å²) in [5.74, 6) is 0.585. The number of amides is 1. The Morgan fingerprint density at radius 3 is 2.68 bits per heavy atom. The van der Waals surface area contributed by atoms with Crippen molar-refractivity contribution < 1.29 is 18.7 Å². The van der Waals surface area contributed by atoms with Gasteiger partial charge in [-0.2, -0.15) is 0 Å². The van der Waals surface area contributed by atoms with Gasteiger partial charge in [0, 0.05) is 22.2 Å².